The van der Waals surface area contributed by atoms with Crippen LogP contribution in [0.15, 0.2) is 35.3 Å². The van der Waals surface area contributed by atoms with E-state index in [1.54, 1.807) is 6.92 Å². The molecular weight excluding hydrogens is 706 g/mol. The van der Waals surface area contributed by atoms with E-state index in [1.165, 1.54) is 37.5 Å². The fraction of sp³-hybridized carbons (Fsp3) is 0.474. The van der Waals surface area contributed by atoms with Crippen LogP contribution in [0.5, 0.6) is 17.2 Å². The number of aromatic hydroxyl groups is 2. The van der Waals surface area contributed by atoms with Crippen LogP contribution >= 0.6 is 0 Å². The Labute approximate surface area is 309 Å². The van der Waals surface area contributed by atoms with Crippen LogP contribution in [0.25, 0.3) is 0 Å². The van der Waals surface area contributed by atoms with Gasteiger partial charge in [-0.1, -0.05) is 18.6 Å². The van der Waals surface area contributed by atoms with Crippen molar-refractivity contribution < 1.29 is 63.7 Å². The van der Waals surface area contributed by atoms with E-state index in [-0.39, 0.29) is 70.7 Å². The van der Waals surface area contributed by atoms with Crippen LogP contribution in [0, 0.1) is 0 Å². The number of aliphatic hydroxyl groups excluding tert-OH is 2. The first-order chi connectivity index (χ1) is 25.7. The molecule has 0 bridgehead atoms. The second-order valence-electron chi connectivity index (χ2n) is 14.0. The number of benzene rings is 2. The maximum absolute atomic E-state index is 14.0. The van der Waals surface area contributed by atoms with E-state index in [4.69, 9.17) is 19.9 Å². The minimum Gasteiger partial charge on any atom is -0.507 e. The highest BCUT2D eigenvalue weighted by Crippen LogP contribution is 2.52. The van der Waals surface area contributed by atoms with Crippen molar-refractivity contribution in [3.63, 3.8) is 0 Å². The number of nitrogens with two attached hydrogens (primary N) is 1. The zero-order chi connectivity index (χ0) is 39.1. The third-order valence-electron chi connectivity index (χ3n) is 10.5. The highest BCUT2D eigenvalue weighted by Gasteiger charge is 2.49. The fourth-order valence-corrected chi connectivity index (χ4v) is 7.64. The predicted molar refractivity (Wildman–Crippen MR) is 188 cm³/mol. The number of aliphatic hydroxyl groups is 3. The van der Waals surface area contributed by atoms with Gasteiger partial charge >= 0.3 is 0 Å². The number of methoxy groups -OCH3 is 1. The number of hydrogen-bond donors (Lipinski definition) is 6. The predicted octanol–water partition coefficient (Wildman–Crippen LogP) is 0.928. The quantitative estimate of drug-likeness (QED) is 0.0615. The number of phenols is 2. The second kappa shape index (κ2) is 15.5. The molecule has 2 aliphatic carbocycles. The van der Waals surface area contributed by atoms with Crippen LogP contribution in [0.4, 0.5) is 0 Å². The van der Waals surface area contributed by atoms with Crippen LogP contribution in [0.1, 0.15) is 94.5 Å². The number of fused-ring (bicyclic) bond motifs is 3. The second-order valence-corrected chi connectivity index (χ2v) is 14.0. The van der Waals surface area contributed by atoms with Gasteiger partial charge in [0.15, 0.2) is 17.9 Å². The maximum atomic E-state index is 14.0. The molecule has 288 valence electrons. The smallest absolute Gasteiger partial charge is 0.253 e. The lowest BCUT2D eigenvalue weighted by Gasteiger charge is -2.43. The van der Waals surface area contributed by atoms with Crippen LogP contribution in [-0.4, -0.2) is 122 Å². The summed E-state index contributed by atoms with van der Waals surface area (Å²) in [5, 5.41) is 56.6. The van der Waals surface area contributed by atoms with Gasteiger partial charge in [-0.2, -0.15) is 0 Å². The van der Waals surface area contributed by atoms with Gasteiger partial charge in [0.05, 0.1) is 61.0 Å². The summed E-state index contributed by atoms with van der Waals surface area (Å²) in [7, 11) is 1.32. The van der Waals surface area contributed by atoms with Crippen molar-refractivity contribution >= 4 is 34.9 Å². The molecule has 0 saturated carbocycles. The van der Waals surface area contributed by atoms with Gasteiger partial charge in [0.2, 0.25) is 5.78 Å². The Morgan fingerprint density at radius 1 is 1.04 bits per heavy atom. The average molecular weight is 750 g/mol. The molecule has 54 heavy (non-hydrogen) atoms. The number of ether oxygens (including phenoxy) is 3. The number of Topliss-reactive ketones (excluding diaryl/α,β-unsaturated/α-hetero) is 1. The van der Waals surface area contributed by atoms with Crippen molar-refractivity contribution in [1.29, 1.82) is 0 Å². The molecule has 0 aromatic heterocycles. The number of aliphatic imine (C=N–C) groups is 1. The third kappa shape index (κ3) is 7.08. The van der Waals surface area contributed by atoms with E-state index in [0.717, 1.165) is 4.90 Å². The van der Waals surface area contributed by atoms with E-state index < -0.39 is 96.4 Å². The molecule has 2 aromatic carbocycles. The summed E-state index contributed by atoms with van der Waals surface area (Å²) in [6.07, 6.45) is -1.14. The molecule has 2 heterocycles. The van der Waals surface area contributed by atoms with Crippen molar-refractivity contribution in [1.82, 2.24) is 4.90 Å². The molecule has 1 fully saturated rings. The molecular formula is C38H43N3O13. The number of carbonyl (C=O) groups is 5. The van der Waals surface area contributed by atoms with E-state index in [2.05, 4.69) is 4.99 Å². The lowest BCUT2D eigenvalue weighted by Crippen LogP contribution is -2.53. The van der Waals surface area contributed by atoms with Gasteiger partial charge in [-0.05, 0) is 25.8 Å². The Morgan fingerprint density at radius 2 is 1.74 bits per heavy atom. The summed E-state index contributed by atoms with van der Waals surface area (Å²) >= 11 is 0. The van der Waals surface area contributed by atoms with Crippen LogP contribution in [0.2, 0.25) is 0 Å². The number of ketones is 3. The number of phenolic OH excluding ortho intramolecular Hbond substituents is 2. The highest BCUT2D eigenvalue weighted by atomic mass is 16.7. The number of unbranched alkanes of at least 4 members (excludes halogenated alkanes) is 2. The average Bonchev–Trinajstić information content (AvgIpc) is 3.46. The molecule has 16 heteroatoms. The first-order valence-electron chi connectivity index (χ1n) is 17.7. The monoisotopic (exact) mass is 749 g/mol. The Kier molecular flexibility index (Phi) is 11.1. The minimum absolute atomic E-state index is 0.00751. The summed E-state index contributed by atoms with van der Waals surface area (Å²) in [6.45, 7) is 0.591. The zero-order valence-electron chi connectivity index (χ0n) is 29.8. The fourth-order valence-electron chi connectivity index (χ4n) is 7.64. The Hall–Kier alpha value is -4.84. The van der Waals surface area contributed by atoms with Gasteiger partial charge in [0.25, 0.3) is 11.8 Å². The molecule has 7 N–H and O–H groups in total. The minimum atomic E-state index is -2.10. The standard InChI is InChI=1S/C38H43N3O13/c1-18-33(46)22(39)13-28(53-18)54-24-15-38(51,25(17-42)40-16-19(43)7-4-3-5-12-41-26(44)10-11-27(41)45)14-21-30(24)37(50)32-31(35(21)48)34(47)20-8-6-9-23(52-2)29(20)36(32)49/h6,8-11,18,22,24,28,33,42,46,48,50-51H,3-5,7,12-17,39H2,1-2H3/t18?,22?,24-,28-,33?,38?/m0/s1. The van der Waals surface area contributed by atoms with Crippen molar-refractivity contribution in [2.75, 3.05) is 26.8 Å². The van der Waals surface area contributed by atoms with E-state index in [9.17, 15) is 49.5 Å². The van der Waals surface area contributed by atoms with E-state index in [1.807, 2.05) is 0 Å². The number of hydrogen-bond acceptors (Lipinski definition) is 15. The SMILES string of the molecule is COc1cccc2c1C(=O)c1c(O)c3c(c(O)c1C2=O)CC(O)(C(CO)=NCC(=O)CCCCCN1C(=O)C=CC1=O)C[C@@H]3O[C@H]1CC(N)C(O)C(C)O1. The van der Waals surface area contributed by atoms with Crippen molar-refractivity contribution in [2.24, 2.45) is 10.7 Å². The zero-order valence-corrected chi connectivity index (χ0v) is 29.8. The van der Waals surface area contributed by atoms with Gasteiger partial charge in [0, 0.05) is 67.1 Å². The van der Waals surface area contributed by atoms with Crippen LogP contribution in [0.3, 0.4) is 0 Å². The molecule has 6 atom stereocenters. The Bertz CT molecular complexity index is 1930. The van der Waals surface area contributed by atoms with Crippen molar-refractivity contribution in [3.05, 3.63) is 63.7 Å². The number of carbonyl (C=O) groups excluding carboxylic acids is 5. The third-order valence-corrected chi connectivity index (χ3v) is 10.5. The largest absolute Gasteiger partial charge is 0.507 e. The van der Waals surface area contributed by atoms with Crippen LogP contribution < -0.4 is 10.5 Å². The number of nitrogens with zero attached hydrogens (tertiary/aromatic N) is 2. The summed E-state index contributed by atoms with van der Waals surface area (Å²) in [6, 6.07) is 3.60. The first kappa shape index (κ1) is 38.9. The molecule has 1 saturated heterocycles. The summed E-state index contributed by atoms with van der Waals surface area (Å²) in [5.41, 5.74) is 2.42. The maximum Gasteiger partial charge on any atom is 0.253 e. The number of amides is 2. The molecule has 16 nitrogen and oxygen atoms in total. The summed E-state index contributed by atoms with van der Waals surface area (Å²) in [5.74, 6) is -3.91. The summed E-state index contributed by atoms with van der Waals surface area (Å²) < 4.78 is 17.4. The van der Waals surface area contributed by atoms with E-state index in [0.29, 0.717) is 19.3 Å². The molecule has 2 amide bonds. The van der Waals surface area contributed by atoms with Gasteiger partial charge in [-0.3, -0.25) is 33.9 Å². The normalized spacial score (nSPS) is 26.5. The van der Waals surface area contributed by atoms with Crippen LogP contribution in [-0.2, 0) is 30.3 Å². The highest BCUT2D eigenvalue weighted by molar-refractivity contribution is 6.31. The molecule has 0 radical (unpaired) electrons. The molecule has 6 rings (SSSR count). The summed E-state index contributed by atoms with van der Waals surface area (Å²) in [4.78, 5) is 69.5. The van der Waals surface area contributed by atoms with E-state index >= 15 is 0 Å². The molecule has 0 spiro atoms. The first-order valence-corrected chi connectivity index (χ1v) is 17.7. The topological polar surface area (TPSA) is 256 Å². The Balaban J connectivity index is 1.29. The lowest BCUT2D eigenvalue weighted by molar-refractivity contribution is -0.245. The van der Waals surface area contributed by atoms with Crippen molar-refractivity contribution in [3.8, 4) is 17.2 Å². The molecule has 4 aliphatic rings. The number of imide groups is 1. The van der Waals surface area contributed by atoms with Gasteiger partial charge < -0.3 is 45.5 Å². The van der Waals surface area contributed by atoms with Gasteiger partial charge in [0.1, 0.15) is 22.8 Å². The lowest BCUT2D eigenvalue weighted by atomic mass is 9.71. The van der Waals surface area contributed by atoms with Gasteiger partial charge in [-0.25, -0.2) is 0 Å². The number of rotatable bonds is 13. The van der Waals surface area contributed by atoms with Gasteiger partial charge in [-0.15, -0.1) is 0 Å². The van der Waals surface area contributed by atoms with Crippen molar-refractivity contribution in [2.45, 2.75) is 88.1 Å². The Morgan fingerprint density at radius 3 is 2.41 bits per heavy atom. The molecule has 2 aliphatic heterocycles. The molecule has 2 aromatic rings. The molecule has 4 unspecified atom stereocenters.